The van der Waals surface area contributed by atoms with Crippen LogP contribution in [0.25, 0.3) is 6.08 Å². The van der Waals surface area contributed by atoms with E-state index in [1.54, 1.807) is 0 Å². The van der Waals surface area contributed by atoms with Gasteiger partial charge in [-0.2, -0.15) is 0 Å². The average Bonchev–Trinajstić information content (AvgIpc) is 2.36. The van der Waals surface area contributed by atoms with Crippen LogP contribution >= 0.6 is 22.6 Å². The van der Waals surface area contributed by atoms with Crippen molar-refractivity contribution >= 4 is 28.7 Å². The minimum Gasteiger partial charge on any atom is -0.493 e. The molecule has 0 saturated carbocycles. The first kappa shape index (κ1) is 14.6. The Morgan fingerprint density at radius 2 is 1.88 bits per heavy atom. The van der Waals surface area contributed by atoms with Crippen molar-refractivity contribution < 1.29 is 4.74 Å². The molecule has 0 heterocycles. The second-order valence-electron chi connectivity index (χ2n) is 3.99. The van der Waals surface area contributed by atoms with Crippen LogP contribution in [0.3, 0.4) is 0 Å². The molecule has 1 aromatic rings. The SMILES string of the molecule is C/C=C\c1ccccc1OCCCCCCI. The molecule has 1 rings (SSSR count). The summed E-state index contributed by atoms with van der Waals surface area (Å²) in [5.41, 5.74) is 1.17. The Labute approximate surface area is 118 Å². The van der Waals surface area contributed by atoms with Crippen molar-refractivity contribution in [1.82, 2.24) is 0 Å². The highest BCUT2D eigenvalue weighted by atomic mass is 127. The summed E-state index contributed by atoms with van der Waals surface area (Å²) in [7, 11) is 0. The summed E-state index contributed by atoms with van der Waals surface area (Å²) in [6, 6.07) is 8.20. The molecular formula is C15H21IO. The molecule has 94 valence electrons. The van der Waals surface area contributed by atoms with Crippen molar-refractivity contribution in [2.45, 2.75) is 32.6 Å². The zero-order valence-electron chi connectivity index (χ0n) is 10.5. The number of halogens is 1. The third-order valence-electron chi connectivity index (χ3n) is 2.55. The maximum atomic E-state index is 5.82. The molecule has 17 heavy (non-hydrogen) atoms. The molecule has 0 unspecified atom stereocenters. The van der Waals surface area contributed by atoms with Gasteiger partial charge in [0.25, 0.3) is 0 Å². The van der Waals surface area contributed by atoms with E-state index in [1.807, 2.05) is 31.2 Å². The first-order chi connectivity index (χ1) is 8.38. The van der Waals surface area contributed by atoms with E-state index in [4.69, 9.17) is 4.74 Å². The van der Waals surface area contributed by atoms with Crippen LogP contribution < -0.4 is 4.74 Å². The Hall–Kier alpha value is -0.510. The Kier molecular flexibility index (Phi) is 8.14. The van der Waals surface area contributed by atoms with E-state index in [1.165, 1.54) is 29.3 Å². The lowest BCUT2D eigenvalue weighted by Gasteiger charge is -2.08. The van der Waals surface area contributed by atoms with Gasteiger partial charge in [0.1, 0.15) is 5.75 Å². The minimum absolute atomic E-state index is 0.829. The monoisotopic (exact) mass is 344 g/mol. The van der Waals surface area contributed by atoms with E-state index in [-0.39, 0.29) is 0 Å². The minimum atomic E-state index is 0.829. The molecule has 0 aliphatic rings. The van der Waals surface area contributed by atoms with Crippen LogP contribution in [0.5, 0.6) is 5.75 Å². The first-order valence-corrected chi connectivity index (χ1v) is 7.81. The predicted molar refractivity (Wildman–Crippen MR) is 84.0 cm³/mol. The average molecular weight is 344 g/mol. The number of ether oxygens (including phenoxy) is 1. The van der Waals surface area contributed by atoms with Gasteiger partial charge < -0.3 is 4.74 Å². The summed E-state index contributed by atoms with van der Waals surface area (Å²) in [4.78, 5) is 0. The zero-order chi connectivity index (χ0) is 12.3. The van der Waals surface area contributed by atoms with Gasteiger partial charge in [0.15, 0.2) is 0 Å². The van der Waals surface area contributed by atoms with Crippen molar-refractivity contribution in [3.63, 3.8) is 0 Å². The van der Waals surface area contributed by atoms with Crippen LogP contribution in [0, 0.1) is 0 Å². The third-order valence-corrected chi connectivity index (χ3v) is 3.31. The summed E-state index contributed by atoms with van der Waals surface area (Å²) in [5.74, 6) is 1.000. The quantitative estimate of drug-likeness (QED) is 0.362. The fourth-order valence-corrected chi connectivity index (χ4v) is 2.20. The fraction of sp³-hybridized carbons (Fsp3) is 0.467. The second kappa shape index (κ2) is 9.51. The molecule has 0 aliphatic heterocycles. The van der Waals surface area contributed by atoms with E-state index in [0.29, 0.717) is 0 Å². The van der Waals surface area contributed by atoms with Crippen molar-refractivity contribution in [1.29, 1.82) is 0 Å². The number of allylic oxidation sites excluding steroid dienone is 1. The molecule has 1 nitrogen and oxygen atoms in total. The fourth-order valence-electron chi connectivity index (χ4n) is 1.66. The Morgan fingerprint density at radius 3 is 2.65 bits per heavy atom. The van der Waals surface area contributed by atoms with E-state index in [2.05, 4.69) is 34.7 Å². The van der Waals surface area contributed by atoms with Crippen molar-refractivity contribution in [3.8, 4) is 5.75 Å². The Balaban J connectivity index is 2.31. The van der Waals surface area contributed by atoms with Gasteiger partial charge in [-0.1, -0.05) is 65.8 Å². The van der Waals surface area contributed by atoms with Gasteiger partial charge in [-0.15, -0.1) is 0 Å². The topological polar surface area (TPSA) is 9.23 Å². The number of rotatable bonds is 8. The number of unbranched alkanes of at least 4 members (excludes halogenated alkanes) is 3. The largest absolute Gasteiger partial charge is 0.493 e. The van der Waals surface area contributed by atoms with Gasteiger partial charge in [0.05, 0.1) is 6.61 Å². The van der Waals surface area contributed by atoms with Crippen LogP contribution in [0.4, 0.5) is 0 Å². The second-order valence-corrected chi connectivity index (χ2v) is 5.07. The zero-order valence-corrected chi connectivity index (χ0v) is 12.7. The van der Waals surface area contributed by atoms with Crippen LogP contribution in [-0.4, -0.2) is 11.0 Å². The highest BCUT2D eigenvalue weighted by molar-refractivity contribution is 14.1. The van der Waals surface area contributed by atoms with Crippen molar-refractivity contribution in [3.05, 3.63) is 35.9 Å². The maximum absolute atomic E-state index is 5.82. The molecule has 0 N–H and O–H groups in total. The lowest BCUT2D eigenvalue weighted by molar-refractivity contribution is 0.304. The van der Waals surface area contributed by atoms with Gasteiger partial charge in [-0.05, 0) is 30.3 Å². The molecular weight excluding hydrogens is 323 g/mol. The standard InChI is InChI=1S/C15H21IO/c1-2-9-14-10-5-6-11-15(14)17-13-8-4-3-7-12-16/h2,5-6,9-11H,3-4,7-8,12-13H2,1H3/b9-2-. The van der Waals surface area contributed by atoms with E-state index in [0.717, 1.165) is 18.8 Å². The summed E-state index contributed by atoms with van der Waals surface area (Å²) in [5, 5.41) is 0. The smallest absolute Gasteiger partial charge is 0.126 e. The molecule has 0 bridgehead atoms. The van der Waals surface area contributed by atoms with Crippen LogP contribution in [0.1, 0.15) is 38.2 Å². The molecule has 0 fully saturated rings. The maximum Gasteiger partial charge on any atom is 0.126 e. The number of hydrogen-bond donors (Lipinski definition) is 0. The molecule has 0 spiro atoms. The van der Waals surface area contributed by atoms with Crippen LogP contribution in [-0.2, 0) is 0 Å². The molecule has 1 aromatic carbocycles. The molecule has 2 heteroatoms. The Morgan fingerprint density at radius 1 is 1.12 bits per heavy atom. The van der Waals surface area contributed by atoms with Crippen molar-refractivity contribution in [2.75, 3.05) is 11.0 Å². The summed E-state index contributed by atoms with van der Waals surface area (Å²) >= 11 is 2.43. The molecule has 0 atom stereocenters. The predicted octanol–water partition coefficient (Wildman–Crippen LogP) is 5.09. The highest BCUT2D eigenvalue weighted by Crippen LogP contribution is 2.19. The van der Waals surface area contributed by atoms with Gasteiger partial charge in [0.2, 0.25) is 0 Å². The lowest BCUT2D eigenvalue weighted by atomic mass is 10.2. The van der Waals surface area contributed by atoms with Gasteiger partial charge in [-0.3, -0.25) is 0 Å². The Bertz CT molecular complexity index is 333. The lowest BCUT2D eigenvalue weighted by Crippen LogP contribution is -1.98. The number of alkyl halides is 1. The first-order valence-electron chi connectivity index (χ1n) is 6.29. The van der Waals surface area contributed by atoms with Gasteiger partial charge >= 0.3 is 0 Å². The summed E-state index contributed by atoms with van der Waals surface area (Å²) in [6.45, 7) is 2.86. The summed E-state index contributed by atoms with van der Waals surface area (Å²) in [6.07, 6.45) is 9.21. The van der Waals surface area contributed by atoms with E-state index in [9.17, 15) is 0 Å². The molecule has 0 saturated heterocycles. The van der Waals surface area contributed by atoms with Gasteiger partial charge in [0, 0.05) is 5.56 Å². The highest BCUT2D eigenvalue weighted by Gasteiger charge is 1.98. The molecule has 0 amide bonds. The third kappa shape index (κ3) is 6.10. The number of hydrogen-bond acceptors (Lipinski definition) is 1. The van der Waals surface area contributed by atoms with E-state index < -0.39 is 0 Å². The van der Waals surface area contributed by atoms with Gasteiger partial charge in [-0.25, -0.2) is 0 Å². The number of benzene rings is 1. The van der Waals surface area contributed by atoms with Crippen molar-refractivity contribution in [2.24, 2.45) is 0 Å². The molecule has 0 aliphatic carbocycles. The molecule has 0 aromatic heterocycles. The molecule has 0 radical (unpaired) electrons. The number of para-hydroxylation sites is 1. The van der Waals surface area contributed by atoms with Crippen LogP contribution in [0.15, 0.2) is 30.3 Å². The summed E-state index contributed by atoms with van der Waals surface area (Å²) < 4.78 is 7.08. The van der Waals surface area contributed by atoms with Crippen LogP contribution in [0.2, 0.25) is 0 Å². The normalized spacial score (nSPS) is 10.9. The van der Waals surface area contributed by atoms with E-state index >= 15 is 0 Å².